The number of hydrogen-bond donors (Lipinski definition) is 2. The second-order valence-corrected chi connectivity index (χ2v) is 6.25. The van der Waals surface area contributed by atoms with E-state index < -0.39 is 0 Å². The Morgan fingerprint density at radius 2 is 2.05 bits per heavy atom. The van der Waals surface area contributed by atoms with Crippen molar-refractivity contribution in [1.29, 1.82) is 0 Å². The molecule has 3 N–H and O–H groups in total. The summed E-state index contributed by atoms with van der Waals surface area (Å²) in [7, 11) is 4.17. The number of nitrogens with one attached hydrogen (secondary N) is 1. The predicted octanol–water partition coefficient (Wildman–Crippen LogP) is 3.47. The molecule has 3 heteroatoms. The average Bonchev–Trinajstić information content (AvgIpc) is 2.49. The molecule has 20 heavy (non-hydrogen) atoms. The maximum Gasteiger partial charge on any atom is 0.0491 e. The van der Waals surface area contributed by atoms with E-state index in [9.17, 15) is 0 Å². The van der Waals surface area contributed by atoms with Gasteiger partial charge >= 0.3 is 0 Å². The SMILES string of the molecule is CCC1CCCCC1C(NN)c1cccc(N(C)C)c1. The van der Waals surface area contributed by atoms with E-state index in [-0.39, 0.29) is 6.04 Å². The molecule has 0 aliphatic heterocycles. The predicted molar refractivity (Wildman–Crippen MR) is 86.6 cm³/mol. The Kier molecular flexibility index (Phi) is 5.44. The van der Waals surface area contributed by atoms with Crippen molar-refractivity contribution in [3.8, 4) is 0 Å². The summed E-state index contributed by atoms with van der Waals surface area (Å²) in [5.74, 6) is 7.38. The van der Waals surface area contributed by atoms with Crippen molar-refractivity contribution >= 4 is 5.69 Å². The number of anilines is 1. The first-order chi connectivity index (χ1) is 9.67. The molecule has 3 unspecified atom stereocenters. The van der Waals surface area contributed by atoms with Crippen molar-refractivity contribution in [3.05, 3.63) is 29.8 Å². The minimum Gasteiger partial charge on any atom is -0.378 e. The van der Waals surface area contributed by atoms with Gasteiger partial charge in [-0.1, -0.05) is 44.7 Å². The summed E-state index contributed by atoms with van der Waals surface area (Å²) in [5.41, 5.74) is 5.67. The van der Waals surface area contributed by atoms with E-state index in [0.29, 0.717) is 5.92 Å². The quantitative estimate of drug-likeness (QED) is 0.638. The van der Waals surface area contributed by atoms with Crippen LogP contribution < -0.4 is 16.2 Å². The van der Waals surface area contributed by atoms with Gasteiger partial charge in [-0.05, 0) is 36.0 Å². The molecule has 2 rings (SSSR count). The highest BCUT2D eigenvalue weighted by molar-refractivity contribution is 5.48. The molecule has 0 heterocycles. The lowest BCUT2D eigenvalue weighted by molar-refractivity contribution is 0.176. The average molecular weight is 275 g/mol. The maximum absolute atomic E-state index is 5.92. The molecule has 1 fully saturated rings. The number of benzene rings is 1. The fraction of sp³-hybridized carbons (Fsp3) is 0.647. The number of rotatable bonds is 5. The van der Waals surface area contributed by atoms with Crippen molar-refractivity contribution in [2.24, 2.45) is 17.7 Å². The van der Waals surface area contributed by atoms with E-state index in [4.69, 9.17) is 5.84 Å². The first-order valence-corrected chi connectivity index (χ1v) is 7.90. The van der Waals surface area contributed by atoms with Crippen LogP contribution in [-0.4, -0.2) is 14.1 Å². The largest absolute Gasteiger partial charge is 0.378 e. The molecule has 0 bridgehead atoms. The Labute approximate surface area is 123 Å². The van der Waals surface area contributed by atoms with Crippen LogP contribution in [0, 0.1) is 11.8 Å². The van der Waals surface area contributed by atoms with Crippen molar-refractivity contribution in [3.63, 3.8) is 0 Å². The third kappa shape index (κ3) is 3.33. The molecule has 1 aromatic carbocycles. The summed E-state index contributed by atoms with van der Waals surface area (Å²) < 4.78 is 0. The van der Waals surface area contributed by atoms with Gasteiger partial charge in [0, 0.05) is 25.8 Å². The summed E-state index contributed by atoms with van der Waals surface area (Å²) in [4.78, 5) is 2.15. The van der Waals surface area contributed by atoms with Gasteiger partial charge in [0.2, 0.25) is 0 Å². The van der Waals surface area contributed by atoms with E-state index in [0.717, 1.165) is 5.92 Å². The first kappa shape index (κ1) is 15.3. The molecule has 3 nitrogen and oxygen atoms in total. The van der Waals surface area contributed by atoms with Crippen LogP contribution in [0.5, 0.6) is 0 Å². The zero-order chi connectivity index (χ0) is 14.5. The molecule has 1 aromatic rings. The fourth-order valence-corrected chi connectivity index (χ4v) is 3.65. The number of nitrogens with zero attached hydrogens (tertiary/aromatic N) is 1. The van der Waals surface area contributed by atoms with Gasteiger partial charge in [-0.15, -0.1) is 0 Å². The summed E-state index contributed by atoms with van der Waals surface area (Å²) in [6.07, 6.45) is 6.62. The molecule has 112 valence electrons. The van der Waals surface area contributed by atoms with E-state index in [1.165, 1.54) is 43.4 Å². The Morgan fingerprint density at radius 1 is 1.30 bits per heavy atom. The topological polar surface area (TPSA) is 41.3 Å². The molecular weight excluding hydrogens is 246 g/mol. The van der Waals surface area contributed by atoms with Crippen LogP contribution in [0.4, 0.5) is 5.69 Å². The number of nitrogens with two attached hydrogens (primary N) is 1. The van der Waals surface area contributed by atoms with Gasteiger partial charge in [0.05, 0.1) is 0 Å². The molecule has 0 aromatic heterocycles. The lowest BCUT2D eigenvalue weighted by atomic mass is 9.72. The Hall–Kier alpha value is -1.06. The molecular formula is C17H29N3. The standard InChI is InChI=1S/C17H29N3/c1-4-13-8-5-6-11-16(13)17(19-18)14-9-7-10-15(12-14)20(2)3/h7,9-10,12-13,16-17,19H,4-6,8,11,18H2,1-3H3. The van der Waals surface area contributed by atoms with Gasteiger partial charge in [-0.25, -0.2) is 0 Å². The molecule has 0 radical (unpaired) electrons. The maximum atomic E-state index is 5.92. The molecule has 1 aliphatic carbocycles. The Balaban J connectivity index is 2.24. The summed E-state index contributed by atoms with van der Waals surface area (Å²) in [6, 6.07) is 9.04. The minimum atomic E-state index is 0.278. The minimum absolute atomic E-state index is 0.278. The Bertz CT molecular complexity index is 416. The normalized spacial score (nSPS) is 24.4. The van der Waals surface area contributed by atoms with Crippen molar-refractivity contribution in [1.82, 2.24) is 5.43 Å². The fourth-order valence-electron chi connectivity index (χ4n) is 3.65. The van der Waals surface area contributed by atoms with Gasteiger partial charge in [-0.3, -0.25) is 11.3 Å². The molecule has 0 amide bonds. The van der Waals surface area contributed by atoms with E-state index in [2.05, 4.69) is 55.6 Å². The zero-order valence-electron chi connectivity index (χ0n) is 13.1. The molecule has 1 aliphatic rings. The van der Waals surface area contributed by atoms with E-state index in [1.807, 2.05) is 0 Å². The molecule has 0 spiro atoms. The van der Waals surface area contributed by atoms with Crippen LogP contribution in [0.2, 0.25) is 0 Å². The van der Waals surface area contributed by atoms with Gasteiger partial charge in [-0.2, -0.15) is 0 Å². The van der Waals surface area contributed by atoms with Crippen LogP contribution in [-0.2, 0) is 0 Å². The second kappa shape index (κ2) is 7.09. The van der Waals surface area contributed by atoms with Crippen LogP contribution in [0.25, 0.3) is 0 Å². The lowest BCUT2D eigenvalue weighted by Crippen LogP contribution is -2.38. The monoisotopic (exact) mass is 275 g/mol. The number of hydrogen-bond acceptors (Lipinski definition) is 3. The first-order valence-electron chi connectivity index (χ1n) is 7.90. The van der Waals surface area contributed by atoms with Gasteiger partial charge in [0.1, 0.15) is 0 Å². The molecule has 1 saturated carbocycles. The lowest BCUT2D eigenvalue weighted by Gasteiger charge is -2.37. The van der Waals surface area contributed by atoms with Crippen LogP contribution in [0.3, 0.4) is 0 Å². The summed E-state index contributed by atoms with van der Waals surface area (Å²) in [5, 5.41) is 0. The Morgan fingerprint density at radius 3 is 2.70 bits per heavy atom. The zero-order valence-corrected chi connectivity index (χ0v) is 13.1. The summed E-state index contributed by atoms with van der Waals surface area (Å²) in [6.45, 7) is 2.31. The highest BCUT2D eigenvalue weighted by Gasteiger charge is 2.31. The molecule has 0 saturated heterocycles. The third-order valence-electron chi connectivity index (χ3n) is 4.85. The van der Waals surface area contributed by atoms with Crippen LogP contribution in [0.1, 0.15) is 50.6 Å². The number of hydrazine groups is 1. The van der Waals surface area contributed by atoms with E-state index >= 15 is 0 Å². The molecule has 3 atom stereocenters. The van der Waals surface area contributed by atoms with Crippen molar-refractivity contribution in [2.45, 2.75) is 45.1 Å². The van der Waals surface area contributed by atoms with Gasteiger partial charge < -0.3 is 4.90 Å². The van der Waals surface area contributed by atoms with E-state index in [1.54, 1.807) is 0 Å². The van der Waals surface area contributed by atoms with Crippen LogP contribution in [0.15, 0.2) is 24.3 Å². The van der Waals surface area contributed by atoms with Gasteiger partial charge in [0.15, 0.2) is 0 Å². The van der Waals surface area contributed by atoms with Gasteiger partial charge in [0.25, 0.3) is 0 Å². The summed E-state index contributed by atoms with van der Waals surface area (Å²) >= 11 is 0. The highest BCUT2D eigenvalue weighted by atomic mass is 15.2. The third-order valence-corrected chi connectivity index (χ3v) is 4.85. The second-order valence-electron chi connectivity index (χ2n) is 6.25. The highest BCUT2D eigenvalue weighted by Crippen LogP contribution is 2.40. The van der Waals surface area contributed by atoms with Crippen LogP contribution >= 0.6 is 0 Å². The van der Waals surface area contributed by atoms with Crippen molar-refractivity contribution < 1.29 is 0 Å². The smallest absolute Gasteiger partial charge is 0.0491 e. The van der Waals surface area contributed by atoms with Crippen molar-refractivity contribution in [2.75, 3.05) is 19.0 Å².